The molecular formula is C18H22N4O3. The van der Waals surface area contributed by atoms with Gasteiger partial charge in [-0.2, -0.15) is 5.26 Å². The SMILES string of the molecule is Cc1cc(C#N)c(=O)[nH]c1C(=O)N1CC[C@@H](NC(=O)C2CCCC2)C1. The van der Waals surface area contributed by atoms with Crippen molar-refractivity contribution in [2.45, 2.75) is 45.1 Å². The maximum atomic E-state index is 12.7. The zero-order chi connectivity index (χ0) is 18.0. The molecule has 2 heterocycles. The first-order chi connectivity index (χ1) is 12.0. The molecule has 1 aromatic rings. The zero-order valence-electron chi connectivity index (χ0n) is 14.3. The molecule has 1 aliphatic carbocycles. The van der Waals surface area contributed by atoms with E-state index in [2.05, 4.69) is 10.3 Å². The average Bonchev–Trinajstić information content (AvgIpc) is 3.27. The van der Waals surface area contributed by atoms with E-state index in [1.165, 1.54) is 6.07 Å². The van der Waals surface area contributed by atoms with E-state index in [1.807, 2.05) is 6.07 Å². The molecule has 2 amide bonds. The van der Waals surface area contributed by atoms with Gasteiger partial charge in [0.2, 0.25) is 5.91 Å². The number of rotatable bonds is 3. The molecule has 132 valence electrons. The van der Waals surface area contributed by atoms with Gasteiger partial charge in [0.1, 0.15) is 17.3 Å². The monoisotopic (exact) mass is 342 g/mol. The lowest BCUT2D eigenvalue weighted by Gasteiger charge is -2.19. The topological polar surface area (TPSA) is 106 Å². The summed E-state index contributed by atoms with van der Waals surface area (Å²) in [5, 5.41) is 11.9. The minimum absolute atomic E-state index is 0.00262. The number of pyridine rings is 1. The molecule has 2 aliphatic rings. The van der Waals surface area contributed by atoms with Crippen molar-refractivity contribution in [2.24, 2.45) is 5.92 Å². The Labute approximate surface area is 146 Å². The first-order valence-corrected chi connectivity index (χ1v) is 8.73. The second kappa shape index (κ2) is 7.09. The highest BCUT2D eigenvalue weighted by Crippen LogP contribution is 2.25. The Morgan fingerprint density at radius 3 is 2.72 bits per heavy atom. The molecule has 2 fully saturated rings. The van der Waals surface area contributed by atoms with Gasteiger partial charge in [-0.1, -0.05) is 12.8 Å². The van der Waals surface area contributed by atoms with Crippen molar-refractivity contribution in [2.75, 3.05) is 13.1 Å². The van der Waals surface area contributed by atoms with Crippen LogP contribution in [0.5, 0.6) is 0 Å². The van der Waals surface area contributed by atoms with E-state index in [0.717, 1.165) is 25.7 Å². The van der Waals surface area contributed by atoms with Gasteiger partial charge in [-0.25, -0.2) is 0 Å². The van der Waals surface area contributed by atoms with Gasteiger partial charge in [0.25, 0.3) is 11.5 Å². The normalized spacial score (nSPS) is 20.5. The Hall–Kier alpha value is -2.62. The van der Waals surface area contributed by atoms with E-state index in [4.69, 9.17) is 5.26 Å². The summed E-state index contributed by atoms with van der Waals surface area (Å²) < 4.78 is 0. The van der Waals surface area contributed by atoms with Crippen LogP contribution in [0.3, 0.4) is 0 Å². The summed E-state index contributed by atoms with van der Waals surface area (Å²) in [7, 11) is 0. The van der Waals surface area contributed by atoms with Gasteiger partial charge in [-0.3, -0.25) is 14.4 Å². The first kappa shape index (κ1) is 17.2. The molecule has 3 rings (SSSR count). The van der Waals surface area contributed by atoms with Crippen LogP contribution in [0.2, 0.25) is 0 Å². The molecule has 1 aliphatic heterocycles. The van der Waals surface area contributed by atoms with E-state index < -0.39 is 5.56 Å². The van der Waals surface area contributed by atoms with Gasteiger partial charge in [-0.05, 0) is 37.8 Å². The number of aryl methyl sites for hydroxylation is 1. The Kier molecular flexibility index (Phi) is 4.88. The third kappa shape index (κ3) is 3.58. The molecule has 0 bridgehead atoms. The number of carbonyl (C=O) groups excluding carboxylic acids is 2. The fraction of sp³-hybridized carbons (Fsp3) is 0.556. The van der Waals surface area contributed by atoms with Gasteiger partial charge >= 0.3 is 0 Å². The van der Waals surface area contributed by atoms with Crippen LogP contribution in [-0.4, -0.2) is 40.8 Å². The van der Waals surface area contributed by atoms with Crippen molar-refractivity contribution in [3.63, 3.8) is 0 Å². The molecule has 7 heteroatoms. The second-order valence-electron chi connectivity index (χ2n) is 6.91. The highest BCUT2D eigenvalue weighted by atomic mass is 16.2. The number of aromatic amines is 1. The van der Waals surface area contributed by atoms with Crippen LogP contribution in [-0.2, 0) is 4.79 Å². The standard InChI is InChI=1S/C18H22N4O3/c1-11-8-13(9-19)17(24)21-15(11)18(25)22-7-6-14(10-22)20-16(23)12-4-2-3-5-12/h8,12,14H,2-7,10H2,1H3,(H,20,23)(H,21,24)/t14-/m1/s1. The maximum absolute atomic E-state index is 12.7. The molecule has 2 N–H and O–H groups in total. The van der Waals surface area contributed by atoms with Crippen molar-refractivity contribution < 1.29 is 9.59 Å². The Bertz CT molecular complexity index is 786. The summed E-state index contributed by atoms with van der Waals surface area (Å²) in [5.41, 5.74) is 0.227. The molecule has 25 heavy (non-hydrogen) atoms. The van der Waals surface area contributed by atoms with Crippen molar-refractivity contribution in [3.05, 3.63) is 33.2 Å². The zero-order valence-corrected chi connectivity index (χ0v) is 14.3. The smallest absolute Gasteiger partial charge is 0.270 e. The van der Waals surface area contributed by atoms with Crippen molar-refractivity contribution in [1.29, 1.82) is 5.26 Å². The van der Waals surface area contributed by atoms with E-state index in [9.17, 15) is 14.4 Å². The van der Waals surface area contributed by atoms with Crippen LogP contribution in [0.4, 0.5) is 0 Å². The predicted molar refractivity (Wildman–Crippen MR) is 90.9 cm³/mol. The molecule has 1 saturated heterocycles. The third-order valence-electron chi connectivity index (χ3n) is 5.12. The number of hydrogen-bond donors (Lipinski definition) is 2. The number of aromatic nitrogens is 1. The van der Waals surface area contributed by atoms with Crippen LogP contribution in [0.1, 0.15) is 53.7 Å². The lowest BCUT2D eigenvalue weighted by molar-refractivity contribution is -0.125. The second-order valence-corrected chi connectivity index (χ2v) is 6.91. The molecule has 0 unspecified atom stereocenters. The largest absolute Gasteiger partial charge is 0.351 e. The van der Waals surface area contributed by atoms with E-state index >= 15 is 0 Å². The summed E-state index contributed by atoms with van der Waals surface area (Å²) in [4.78, 5) is 40.8. The van der Waals surface area contributed by atoms with Gasteiger partial charge in [0.05, 0.1) is 0 Å². The predicted octanol–water partition coefficient (Wildman–Crippen LogP) is 1.08. The Morgan fingerprint density at radius 1 is 1.32 bits per heavy atom. The van der Waals surface area contributed by atoms with Crippen LogP contribution >= 0.6 is 0 Å². The summed E-state index contributed by atoms with van der Waals surface area (Å²) in [6, 6.07) is 3.20. The lowest BCUT2D eigenvalue weighted by Crippen LogP contribution is -2.41. The molecule has 0 aromatic carbocycles. The number of nitrogens with one attached hydrogen (secondary N) is 2. The third-order valence-corrected chi connectivity index (χ3v) is 5.12. The number of carbonyl (C=O) groups is 2. The molecule has 1 atom stereocenters. The number of nitriles is 1. The van der Waals surface area contributed by atoms with Crippen molar-refractivity contribution >= 4 is 11.8 Å². The van der Waals surface area contributed by atoms with Crippen molar-refractivity contribution in [3.8, 4) is 6.07 Å². The maximum Gasteiger partial charge on any atom is 0.270 e. The number of likely N-dealkylation sites (tertiary alicyclic amines) is 1. The quantitative estimate of drug-likeness (QED) is 0.857. The van der Waals surface area contributed by atoms with Gasteiger partial charge in [-0.15, -0.1) is 0 Å². The molecule has 0 radical (unpaired) electrons. The van der Waals surface area contributed by atoms with Gasteiger partial charge in [0.15, 0.2) is 0 Å². The van der Waals surface area contributed by atoms with Crippen LogP contribution in [0.25, 0.3) is 0 Å². The summed E-state index contributed by atoms with van der Waals surface area (Å²) in [5.74, 6) is -0.0571. The number of nitrogens with zero attached hydrogens (tertiary/aromatic N) is 2. The summed E-state index contributed by atoms with van der Waals surface area (Å²) >= 11 is 0. The Balaban J connectivity index is 1.65. The lowest BCUT2D eigenvalue weighted by atomic mass is 10.1. The molecule has 7 nitrogen and oxygen atoms in total. The van der Waals surface area contributed by atoms with Crippen LogP contribution < -0.4 is 10.9 Å². The number of H-pyrrole nitrogens is 1. The summed E-state index contributed by atoms with van der Waals surface area (Å²) in [6.45, 7) is 2.67. The van der Waals surface area contributed by atoms with E-state index in [-0.39, 0.29) is 35.0 Å². The molecular weight excluding hydrogens is 320 g/mol. The van der Waals surface area contributed by atoms with E-state index in [1.54, 1.807) is 11.8 Å². The number of hydrogen-bond acceptors (Lipinski definition) is 4. The highest BCUT2D eigenvalue weighted by molar-refractivity contribution is 5.94. The fourth-order valence-electron chi connectivity index (χ4n) is 3.67. The van der Waals surface area contributed by atoms with E-state index in [0.29, 0.717) is 25.1 Å². The molecule has 1 aromatic heterocycles. The fourth-order valence-corrected chi connectivity index (χ4v) is 3.67. The van der Waals surface area contributed by atoms with Gasteiger partial charge < -0.3 is 15.2 Å². The molecule has 0 spiro atoms. The average molecular weight is 342 g/mol. The Morgan fingerprint density at radius 2 is 2.04 bits per heavy atom. The van der Waals surface area contributed by atoms with Crippen LogP contribution in [0, 0.1) is 24.2 Å². The minimum atomic E-state index is -0.554. The van der Waals surface area contributed by atoms with Crippen LogP contribution in [0.15, 0.2) is 10.9 Å². The van der Waals surface area contributed by atoms with Crippen molar-refractivity contribution in [1.82, 2.24) is 15.2 Å². The molecule has 1 saturated carbocycles. The first-order valence-electron chi connectivity index (χ1n) is 8.73. The highest BCUT2D eigenvalue weighted by Gasteiger charge is 2.31. The van der Waals surface area contributed by atoms with Gasteiger partial charge in [0, 0.05) is 25.0 Å². The number of amides is 2. The minimum Gasteiger partial charge on any atom is -0.351 e. The summed E-state index contributed by atoms with van der Waals surface area (Å²) in [6.07, 6.45) is 4.83.